The molecule has 1 heterocycles. The first kappa shape index (κ1) is 21.6. The van der Waals surface area contributed by atoms with Gasteiger partial charge in [0.1, 0.15) is 5.75 Å². The molecule has 0 N–H and O–H groups in total. The average molecular weight is 445 g/mol. The molecule has 0 saturated heterocycles. The first-order valence-corrected chi connectivity index (χ1v) is 11.2. The van der Waals surface area contributed by atoms with Gasteiger partial charge in [0.05, 0.1) is 12.9 Å². The normalized spacial score (nSPS) is 10.7. The second kappa shape index (κ2) is 9.70. The van der Waals surface area contributed by atoms with Crippen LogP contribution < -0.4 is 9.64 Å². The predicted octanol–water partition coefficient (Wildman–Crippen LogP) is 5.01. The number of anilines is 1. The second-order valence-corrected chi connectivity index (χ2v) is 8.23. The molecule has 0 aliphatic carbocycles. The Hall–Kier alpha value is -3.58. The molecule has 162 valence electrons. The van der Waals surface area contributed by atoms with E-state index >= 15 is 0 Å². The molecule has 1 amide bonds. The van der Waals surface area contributed by atoms with Crippen molar-refractivity contribution in [2.24, 2.45) is 0 Å². The number of nitrogens with zero attached hydrogens (tertiary/aromatic N) is 4. The fourth-order valence-corrected chi connectivity index (χ4v) is 4.18. The highest BCUT2D eigenvalue weighted by atomic mass is 32.2. The van der Waals surface area contributed by atoms with E-state index in [0.717, 1.165) is 34.1 Å². The molecule has 32 heavy (non-hydrogen) atoms. The first-order valence-electron chi connectivity index (χ1n) is 10.2. The Balaban J connectivity index is 1.65. The maximum atomic E-state index is 12.8. The van der Waals surface area contributed by atoms with Crippen molar-refractivity contribution in [1.82, 2.24) is 14.8 Å². The summed E-state index contributed by atoms with van der Waals surface area (Å²) in [5.74, 6) is 1.73. The number of aromatic nitrogens is 3. The van der Waals surface area contributed by atoms with E-state index in [1.54, 1.807) is 19.1 Å². The Kier molecular flexibility index (Phi) is 6.56. The van der Waals surface area contributed by atoms with E-state index in [9.17, 15) is 4.79 Å². The number of thioether (sulfide) groups is 1. The van der Waals surface area contributed by atoms with Crippen LogP contribution in [0, 0.1) is 6.92 Å². The molecule has 4 aromatic rings. The lowest BCUT2D eigenvalue weighted by Gasteiger charge is -2.17. The second-order valence-electron chi connectivity index (χ2n) is 7.29. The summed E-state index contributed by atoms with van der Waals surface area (Å²) in [7, 11) is 3.42. The Bertz CT molecular complexity index is 1210. The molecule has 4 rings (SSSR count). The number of ether oxygens (including phenoxy) is 1. The smallest absolute Gasteiger partial charge is 0.237 e. The predicted molar refractivity (Wildman–Crippen MR) is 129 cm³/mol. The zero-order valence-corrected chi connectivity index (χ0v) is 19.0. The van der Waals surface area contributed by atoms with Crippen LogP contribution >= 0.6 is 11.8 Å². The molecule has 6 nitrogen and oxygen atoms in total. The molecule has 0 aliphatic rings. The zero-order valence-electron chi connectivity index (χ0n) is 18.2. The molecule has 3 aromatic carbocycles. The third-order valence-electron chi connectivity index (χ3n) is 5.08. The van der Waals surface area contributed by atoms with Crippen LogP contribution in [0.3, 0.4) is 0 Å². The quantitative estimate of drug-likeness (QED) is 0.375. The zero-order chi connectivity index (χ0) is 22.5. The van der Waals surface area contributed by atoms with Crippen molar-refractivity contribution in [3.63, 3.8) is 0 Å². The van der Waals surface area contributed by atoms with Crippen LogP contribution in [0.15, 0.2) is 84.0 Å². The lowest BCUT2D eigenvalue weighted by Crippen LogP contribution is -2.27. The summed E-state index contributed by atoms with van der Waals surface area (Å²) in [6.07, 6.45) is 0. The third-order valence-corrected chi connectivity index (χ3v) is 6.00. The minimum atomic E-state index is -0.0115. The number of benzene rings is 3. The van der Waals surface area contributed by atoms with Crippen molar-refractivity contribution in [2.45, 2.75) is 12.1 Å². The van der Waals surface area contributed by atoms with Gasteiger partial charge >= 0.3 is 0 Å². The monoisotopic (exact) mass is 444 g/mol. The van der Waals surface area contributed by atoms with Crippen LogP contribution in [-0.2, 0) is 4.79 Å². The lowest BCUT2D eigenvalue weighted by molar-refractivity contribution is -0.115. The van der Waals surface area contributed by atoms with E-state index in [0.29, 0.717) is 5.16 Å². The number of para-hydroxylation sites is 1. The maximum Gasteiger partial charge on any atom is 0.237 e. The Morgan fingerprint density at radius 1 is 1.00 bits per heavy atom. The van der Waals surface area contributed by atoms with Gasteiger partial charge in [0, 0.05) is 24.0 Å². The number of carbonyl (C=O) groups is 1. The summed E-state index contributed by atoms with van der Waals surface area (Å²) in [6.45, 7) is 2.05. The SMILES string of the molecule is COc1ccc(-n2c(SCC(=O)N(C)c3ccccc3)nnc2-c2cccc(C)c2)cc1. The van der Waals surface area contributed by atoms with Crippen molar-refractivity contribution < 1.29 is 9.53 Å². The fraction of sp³-hybridized carbons (Fsp3) is 0.160. The molecular weight excluding hydrogens is 420 g/mol. The molecule has 7 heteroatoms. The number of rotatable bonds is 7. The molecule has 0 radical (unpaired) electrons. The number of methoxy groups -OCH3 is 1. The van der Waals surface area contributed by atoms with Crippen molar-refractivity contribution in [3.05, 3.63) is 84.4 Å². The minimum Gasteiger partial charge on any atom is -0.497 e. The van der Waals surface area contributed by atoms with Gasteiger partial charge in [-0.25, -0.2) is 0 Å². The van der Waals surface area contributed by atoms with Gasteiger partial charge in [-0.15, -0.1) is 10.2 Å². The Labute approximate surface area is 191 Å². The lowest BCUT2D eigenvalue weighted by atomic mass is 10.1. The maximum absolute atomic E-state index is 12.8. The summed E-state index contributed by atoms with van der Waals surface area (Å²) in [5.41, 5.74) is 3.86. The topological polar surface area (TPSA) is 60.2 Å². The summed E-state index contributed by atoms with van der Waals surface area (Å²) < 4.78 is 7.28. The summed E-state index contributed by atoms with van der Waals surface area (Å²) >= 11 is 1.37. The average Bonchev–Trinajstić information content (AvgIpc) is 3.26. The van der Waals surface area contributed by atoms with E-state index in [2.05, 4.69) is 16.3 Å². The van der Waals surface area contributed by atoms with Crippen LogP contribution in [0.4, 0.5) is 5.69 Å². The van der Waals surface area contributed by atoms with Crippen molar-refractivity contribution in [3.8, 4) is 22.8 Å². The Morgan fingerprint density at radius 3 is 2.44 bits per heavy atom. The molecular formula is C25H24N4O2S. The molecule has 0 bridgehead atoms. The van der Waals surface area contributed by atoms with Gasteiger partial charge in [-0.2, -0.15) is 0 Å². The Morgan fingerprint density at radius 2 is 1.75 bits per heavy atom. The van der Waals surface area contributed by atoms with Crippen molar-refractivity contribution in [2.75, 3.05) is 24.8 Å². The van der Waals surface area contributed by atoms with Gasteiger partial charge in [-0.05, 0) is 49.4 Å². The van der Waals surface area contributed by atoms with Gasteiger partial charge in [0.15, 0.2) is 11.0 Å². The number of carbonyl (C=O) groups excluding carboxylic acids is 1. The summed E-state index contributed by atoms with van der Waals surface area (Å²) in [4.78, 5) is 14.5. The van der Waals surface area contributed by atoms with Crippen LogP contribution in [-0.4, -0.2) is 40.6 Å². The van der Waals surface area contributed by atoms with Gasteiger partial charge in [-0.3, -0.25) is 9.36 Å². The van der Waals surface area contributed by atoms with Crippen LogP contribution in [0.2, 0.25) is 0 Å². The van der Waals surface area contributed by atoms with Gasteiger partial charge < -0.3 is 9.64 Å². The molecule has 0 spiro atoms. The number of amides is 1. The van der Waals surface area contributed by atoms with E-state index in [1.807, 2.05) is 84.3 Å². The van der Waals surface area contributed by atoms with Crippen LogP contribution in [0.5, 0.6) is 5.75 Å². The van der Waals surface area contributed by atoms with E-state index in [4.69, 9.17) is 4.74 Å². The van der Waals surface area contributed by atoms with Crippen molar-refractivity contribution >= 4 is 23.4 Å². The standard InChI is InChI=1S/C25H24N4O2S/c1-18-8-7-9-19(16-18)24-26-27-25(29(24)21-12-14-22(31-3)15-13-21)32-17-23(30)28(2)20-10-5-4-6-11-20/h4-16H,17H2,1-3H3. The third kappa shape index (κ3) is 4.68. The number of hydrogen-bond acceptors (Lipinski definition) is 5. The molecule has 0 atom stereocenters. The molecule has 1 aromatic heterocycles. The fourth-order valence-electron chi connectivity index (χ4n) is 3.32. The highest BCUT2D eigenvalue weighted by molar-refractivity contribution is 7.99. The van der Waals surface area contributed by atoms with Gasteiger partial charge in [-0.1, -0.05) is 53.7 Å². The highest BCUT2D eigenvalue weighted by Gasteiger charge is 2.19. The van der Waals surface area contributed by atoms with E-state index in [1.165, 1.54) is 11.8 Å². The number of hydrogen-bond donors (Lipinski definition) is 0. The minimum absolute atomic E-state index is 0.0115. The van der Waals surface area contributed by atoms with Crippen LogP contribution in [0.1, 0.15) is 5.56 Å². The largest absolute Gasteiger partial charge is 0.497 e. The highest BCUT2D eigenvalue weighted by Crippen LogP contribution is 2.29. The molecule has 0 saturated carbocycles. The first-order chi connectivity index (χ1) is 15.6. The van der Waals surface area contributed by atoms with E-state index in [-0.39, 0.29) is 11.7 Å². The van der Waals surface area contributed by atoms with Crippen LogP contribution in [0.25, 0.3) is 17.1 Å². The summed E-state index contributed by atoms with van der Waals surface area (Å²) in [6, 6.07) is 25.5. The van der Waals surface area contributed by atoms with Gasteiger partial charge in [0.2, 0.25) is 5.91 Å². The number of aryl methyl sites for hydroxylation is 1. The molecule has 0 fully saturated rings. The van der Waals surface area contributed by atoms with E-state index < -0.39 is 0 Å². The van der Waals surface area contributed by atoms with Gasteiger partial charge in [0.25, 0.3) is 0 Å². The molecule has 0 aliphatic heterocycles. The summed E-state index contributed by atoms with van der Waals surface area (Å²) in [5, 5.41) is 9.54. The molecule has 0 unspecified atom stereocenters. The van der Waals surface area contributed by atoms with Crippen molar-refractivity contribution in [1.29, 1.82) is 0 Å².